The number of para-hydroxylation sites is 1. The normalized spacial score (nSPS) is 26.2. The minimum atomic E-state index is -5.08. The topological polar surface area (TPSA) is 147 Å². The average Bonchev–Trinajstić information content (AvgIpc) is 3.72. The van der Waals surface area contributed by atoms with Crippen molar-refractivity contribution in [2.45, 2.75) is 70.8 Å². The molecule has 0 spiro atoms. The molecule has 1 aromatic carbocycles. The first kappa shape index (κ1) is 32.7. The smallest absolute Gasteiger partial charge is 0.490 e. The van der Waals surface area contributed by atoms with Crippen LogP contribution in [0.5, 0.6) is 5.75 Å². The number of hydrogen-bond acceptors (Lipinski definition) is 7. The number of benzene rings is 1. The van der Waals surface area contributed by atoms with Gasteiger partial charge in [-0.1, -0.05) is 39.0 Å². The molecule has 2 unspecified atom stereocenters. The number of fused-ring (bicyclic) bond motifs is 1. The molecule has 4 N–H and O–H groups in total. The van der Waals surface area contributed by atoms with E-state index in [2.05, 4.69) is 29.1 Å². The lowest BCUT2D eigenvalue weighted by atomic mass is 9.79. The number of nitrogens with zero attached hydrogens (tertiary/aromatic N) is 3. The molecule has 238 valence electrons. The Bertz CT molecular complexity index is 1470. The second kappa shape index (κ2) is 12.0. The molecular weight excluding hydrogens is 586 g/mol. The van der Waals surface area contributed by atoms with Crippen LogP contribution < -0.4 is 15.8 Å². The molecule has 5 atom stereocenters. The highest BCUT2D eigenvalue weighted by Gasteiger charge is 2.54. The van der Waals surface area contributed by atoms with Crippen LogP contribution in [-0.2, 0) is 14.4 Å². The summed E-state index contributed by atoms with van der Waals surface area (Å²) >= 11 is 0. The van der Waals surface area contributed by atoms with Gasteiger partial charge in [-0.25, -0.2) is 14.2 Å². The fraction of sp³-hybridized carbons (Fsp3) is 0.500. The monoisotopic (exact) mass is 621 g/mol. The highest BCUT2D eigenvalue weighted by molar-refractivity contribution is 5.99. The molecule has 3 aliphatic rings. The number of rotatable bonds is 6. The summed E-state index contributed by atoms with van der Waals surface area (Å²) in [5.74, 6) is -3.30. The van der Waals surface area contributed by atoms with Gasteiger partial charge in [0.1, 0.15) is 11.6 Å². The molecule has 3 heterocycles. The van der Waals surface area contributed by atoms with Crippen LogP contribution in [-0.4, -0.2) is 57.1 Å². The summed E-state index contributed by atoms with van der Waals surface area (Å²) < 4.78 is 51.9. The summed E-state index contributed by atoms with van der Waals surface area (Å²) in [6, 6.07) is 8.23. The first-order chi connectivity index (χ1) is 20.5. The number of aliphatic carboxylic acids is 1. The van der Waals surface area contributed by atoms with Crippen molar-refractivity contribution < 1.29 is 41.8 Å². The predicted molar refractivity (Wildman–Crippen MR) is 151 cm³/mol. The summed E-state index contributed by atoms with van der Waals surface area (Å²) in [7, 11) is 0. The van der Waals surface area contributed by atoms with E-state index in [-0.39, 0.29) is 47.5 Å². The number of guanidine groups is 1. The van der Waals surface area contributed by atoms with E-state index >= 15 is 0 Å². The summed E-state index contributed by atoms with van der Waals surface area (Å²) in [4.78, 5) is 45.9. The molecule has 2 aliphatic heterocycles. The lowest BCUT2D eigenvalue weighted by molar-refractivity contribution is -0.192. The van der Waals surface area contributed by atoms with E-state index in [9.17, 15) is 27.2 Å². The molecule has 1 aliphatic carbocycles. The first-order valence-electron chi connectivity index (χ1n) is 14.1. The standard InChI is InChI=1S/C28H34FN5O3.C2HF3O2/c1-5-28(4)12-22(35)34(26(30)33-28)23(16-10-17(29)14-31-13-16)19-11-20(19)25(36)32-24-18-8-6-7-9-21(18)37-15-27(24,2)3;3-2(4,5)1(6)7/h6-10,13-14,19-20,23-24H,5,11-12,15H2,1-4H3,(H2,30,33)(H,32,36);(H,6,7)/t19-,20-,23?,24?,28-;/m1./s1. The molecule has 1 saturated carbocycles. The van der Waals surface area contributed by atoms with E-state index in [1.807, 2.05) is 38.1 Å². The zero-order chi connectivity index (χ0) is 32.6. The quantitative estimate of drug-likeness (QED) is 0.402. The number of aliphatic imine (C=N–C) groups is 1. The van der Waals surface area contributed by atoms with Crippen LogP contribution in [0.4, 0.5) is 17.6 Å². The second-order valence-electron chi connectivity index (χ2n) is 12.2. The van der Waals surface area contributed by atoms with Crippen LogP contribution in [0.1, 0.15) is 70.2 Å². The van der Waals surface area contributed by atoms with Gasteiger partial charge in [0.05, 0.1) is 36.8 Å². The van der Waals surface area contributed by atoms with Gasteiger partial charge in [0, 0.05) is 23.1 Å². The van der Waals surface area contributed by atoms with Crippen LogP contribution in [0, 0.1) is 23.1 Å². The van der Waals surface area contributed by atoms with Crippen LogP contribution >= 0.6 is 0 Å². The van der Waals surface area contributed by atoms with Gasteiger partial charge in [-0.05, 0) is 43.4 Å². The van der Waals surface area contributed by atoms with Crippen molar-refractivity contribution in [1.82, 2.24) is 15.2 Å². The fourth-order valence-corrected chi connectivity index (χ4v) is 5.59. The Morgan fingerprint density at radius 3 is 2.48 bits per heavy atom. The number of pyridine rings is 1. The van der Waals surface area contributed by atoms with Crippen molar-refractivity contribution in [3.05, 3.63) is 59.7 Å². The van der Waals surface area contributed by atoms with Crippen LogP contribution in [0.3, 0.4) is 0 Å². The van der Waals surface area contributed by atoms with Crippen LogP contribution in [0.25, 0.3) is 0 Å². The SMILES string of the molecule is CC[C@]1(C)CC(=O)N(C(c2cncc(F)c2)[C@@H]2C[C@H]2C(=O)NC2c3ccccc3OCC2(C)C)C(N)=N1.O=C(O)C(F)(F)F. The highest BCUT2D eigenvalue weighted by atomic mass is 19.4. The van der Waals surface area contributed by atoms with Gasteiger partial charge in [0.15, 0.2) is 5.96 Å². The third-order valence-corrected chi connectivity index (χ3v) is 8.26. The molecule has 1 aromatic heterocycles. The zero-order valence-electron chi connectivity index (χ0n) is 24.7. The highest BCUT2D eigenvalue weighted by Crippen LogP contribution is 2.52. The summed E-state index contributed by atoms with van der Waals surface area (Å²) in [6.07, 6.45) is -1.03. The lowest BCUT2D eigenvalue weighted by Crippen LogP contribution is -2.52. The van der Waals surface area contributed by atoms with Gasteiger partial charge in [-0.3, -0.25) is 19.5 Å². The van der Waals surface area contributed by atoms with E-state index < -0.39 is 29.5 Å². The van der Waals surface area contributed by atoms with E-state index in [0.29, 0.717) is 25.0 Å². The van der Waals surface area contributed by atoms with E-state index in [0.717, 1.165) is 17.5 Å². The van der Waals surface area contributed by atoms with Gasteiger partial charge in [0.25, 0.3) is 0 Å². The van der Waals surface area contributed by atoms with Crippen molar-refractivity contribution in [3.8, 4) is 5.75 Å². The molecule has 2 amide bonds. The van der Waals surface area contributed by atoms with E-state index in [1.54, 1.807) is 0 Å². The first-order valence-corrected chi connectivity index (χ1v) is 14.1. The number of hydrogen-bond donors (Lipinski definition) is 3. The van der Waals surface area contributed by atoms with Gasteiger partial charge in [-0.15, -0.1) is 0 Å². The zero-order valence-corrected chi connectivity index (χ0v) is 24.7. The van der Waals surface area contributed by atoms with Crippen molar-refractivity contribution in [3.63, 3.8) is 0 Å². The Kier molecular flexibility index (Phi) is 8.94. The van der Waals surface area contributed by atoms with Crippen molar-refractivity contribution in [2.24, 2.45) is 28.0 Å². The molecule has 44 heavy (non-hydrogen) atoms. The Morgan fingerprint density at radius 2 is 1.89 bits per heavy atom. The summed E-state index contributed by atoms with van der Waals surface area (Å²) in [5.41, 5.74) is 6.90. The van der Waals surface area contributed by atoms with Gasteiger partial charge in [-0.2, -0.15) is 13.2 Å². The minimum Gasteiger partial charge on any atom is -0.493 e. The molecule has 14 heteroatoms. The van der Waals surface area contributed by atoms with Crippen molar-refractivity contribution >= 4 is 23.7 Å². The number of carboxylic acids is 1. The maximum atomic E-state index is 14.2. The molecule has 0 saturated heterocycles. The summed E-state index contributed by atoms with van der Waals surface area (Å²) in [6.45, 7) is 8.47. The molecule has 0 radical (unpaired) electrons. The Morgan fingerprint density at radius 1 is 1.23 bits per heavy atom. The Labute approximate surface area is 251 Å². The maximum Gasteiger partial charge on any atom is 0.490 e. The molecular formula is C30H35F4N5O5. The number of carboxylic acid groups (broad SMARTS) is 1. The van der Waals surface area contributed by atoms with Gasteiger partial charge >= 0.3 is 12.1 Å². The minimum absolute atomic E-state index is 0.0976. The lowest BCUT2D eigenvalue weighted by Gasteiger charge is -2.40. The summed E-state index contributed by atoms with van der Waals surface area (Å²) in [5, 5.41) is 10.4. The maximum absolute atomic E-state index is 14.2. The molecule has 2 aromatic rings. The number of alkyl halides is 3. The number of halogens is 4. The molecule has 5 rings (SSSR count). The third kappa shape index (κ3) is 6.94. The second-order valence-corrected chi connectivity index (χ2v) is 12.2. The molecule has 0 bridgehead atoms. The predicted octanol–water partition coefficient (Wildman–Crippen LogP) is 4.52. The number of aromatic nitrogens is 1. The van der Waals surface area contributed by atoms with Crippen molar-refractivity contribution in [1.29, 1.82) is 0 Å². The van der Waals surface area contributed by atoms with Crippen molar-refractivity contribution in [2.75, 3.05) is 6.61 Å². The van der Waals surface area contributed by atoms with Gasteiger partial charge in [0.2, 0.25) is 11.8 Å². The largest absolute Gasteiger partial charge is 0.493 e. The third-order valence-electron chi connectivity index (χ3n) is 8.26. The number of nitrogens with two attached hydrogens (primary N) is 1. The van der Waals surface area contributed by atoms with E-state index in [1.165, 1.54) is 17.2 Å². The van der Waals surface area contributed by atoms with E-state index in [4.69, 9.17) is 20.4 Å². The Hall–Kier alpha value is -4.23. The van der Waals surface area contributed by atoms with Crippen LogP contribution in [0.2, 0.25) is 0 Å². The molecule has 10 nitrogen and oxygen atoms in total. The van der Waals surface area contributed by atoms with Crippen LogP contribution in [0.15, 0.2) is 47.7 Å². The number of carbonyl (C=O) groups excluding carboxylic acids is 2. The number of nitrogens with one attached hydrogen (secondary N) is 1. The Balaban J connectivity index is 0.000000566. The fourth-order valence-electron chi connectivity index (χ4n) is 5.59. The number of carbonyl (C=O) groups is 3. The molecule has 1 fully saturated rings. The average molecular weight is 622 g/mol. The van der Waals surface area contributed by atoms with Gasteiger partial charge < -0.3 is 20.9 Å². The number of ether oxygens (including phenoxy) is 1. The number of amides is 2.